The van der Waals surface area contributed by atoms with E-state index in [4.69, 9.17) is 11.6 Å². The van der Waals surface area contributed by atoms with E-state index in [1.807, 2.05) is 46.2 Å². The summed E-state index contributed by atoms with van der Waals surface area (Å²) in [6.45, 7) is 0.180. The summed E-state index contributed by atoms with van der Waals surface area (Å²) in [6, 6.07) is 15.2. The lowest BCUT2D eigenvalue weighted by Crippen LogP contribution is -2.64. The number of carbonyl (C=O) groups is 2. The van der Waals surface area contributed by atoms with Gasteiger partial charge in [0.15, 0.2) is 0 Å². The summed E-state index contributed by atoms with van der Waals surface area (Å²) >= 11 is 6.15. The van der Waals surface area contributed by atoms with Gasteiger partial charge in [0, 0.05) is 34.1 Å². The smallest absolute Gasteiger partial charge is 0.246 e. The number of hydrogen-bond acceptors (Lipinski definition) is 2. The van der Waals surface area contributed by atoms with Gasteiger partial charge in [0.2, 0.25) is 11.8 Å². The minimum atomic E-state index is -0.464. The lowest BCUT2D eigenvalue weighted by molar-refractivity contribution is -0.160. The minimum Gasteiger partial charge on any atom is -0.356 e. The van der Waals surface area contributed by atoms with Crippen molar-refractivity contribution in [1.82, 2.24) is 14.8 Å². The third-order valence-electron chi connectivity index (χ3n) is 7.24. The lowest BCUT2D eigenvalue weighted by atomic mass is 9.86. The number of rotatable bonds is 2. The maximum Gasteiger partial charge on any atom is 0.246 e. The Morgan fingerprint density at radius 2 is 1.71 bits per heavy atom. The maximum atomic E-state index is 13.7. The average molecular weight is 434 g/mol. The summed E-state index contributed by atoms with van der Waals surface area (Å²) in [5.41, 5.74) is 4.16. The maximum absolute atomic E-state index is 13.7. The molecule has 0 spiro atoms. The first kappa shape index (κ1) is 18.9. The third-order valence-corrected chi connectivity index (χ3v) is 7.50. The first-order valence-electron chi connectivity index (χ1n) is 11.1. The van der Waals surface area contributed by atoms with Crippen LogP contribution in [-0.2, 0) is 16.0 Å². The number of halogens is 1. The highest BCUT2D eigenvalue weighted by Crippen LogP contribution is 2.43. The number of nitrogens with one attached hydrogen (secondary N) is 1. The van der Waals surface area contributed by atoms with Crippen LogP contribution in [0.25, 0.3) is 10.9 Å². The number of hydrogen-bond donors (Lipinski definition) is 1. The van der Waals surface area contributed by atoms with Gasteiger partial charge in [-0.1, -0.05) is 54.8 Å². The highest BCUT2D eigenvalue weighted by molar-refractivity contribution is 6.30. The van der Waals surface area contributed by atoms with Gasteiger partial charge in [-0.3, -0.25) is 9.59 Å². The second-order valence-electron chi connectivity index (χ2n) is 8.94. The van der Waals surface area contributed by atoms with Crippen LogP contribution in [0, 0.1) is 0 Å². The zero-order valence-electron chi connectivity index (χ0n) is 17.2. The molecule has 3 aromatic rings. The Kier molecular flexibility index (Phi) is 4.35. The molecule has 2 amide bonds. The van der Waals surface area contributed by atoms with E-state index in [1.165, 1.54) is 0 Å². The van der Waals surface area contributed by atoms with Crippen molar-refractivity contribution in [2.24, 2.45) is 0 Å². The Morgan fingerprint density at radius 3 is 2.48 bits per heavy atom. The van der Waals surface area contributed by atoms with Crippen molar-refractivity contribution in [2.45, 2.75) is 50.2 Å². The van der Waals surface area contributed by atoms with E-state index < -0.39 is 6.04 Å². The number of nitrogens with zero attached hydrogens (tertiary/aromatic N) is 2. The molecule has 6 heteroatoms. The molecule has 1 aromatic heterocycles. The number of benzene rings is 2. The molecule has 2 aromatic carbocycles. The summed E-state index contributed by atoms with van der Waals surface area (Å²) in [5.74, 6) is 0.127. The Morgan fingerprint density at radius 1 is 0.968 bits per heavy atom. The van der Waals surface area contributed by atoms with Crippen LogP contribution in [0.3, 0.4) is 0 Å². The zero-order valence-corrected chi connectivity index (χ0v) is 17.9. The highest BCUT2D eigenvalue weighted by atomic mass is 35.5. The molecule has 0 unspecified atom stereocenters. The highest BCUT2D eigenvalue weighted by Gasteiger charge is 2.49. The number of amides is 2. The van der Waals surface area contributed by atoms with Crippen LogP contribution in [0.2, 0.25) is 5.02 Å². The Labute approximate surface area is 186 Å². The van der Waals surface area contributed by atoms with E-state index in [0.717, 1.165) is 53.4 Å². The van der Waals surface area contributed by atoms with Crippen LogP contribution in [0.1, 0.15) is 48.5 Å². The predicted octanol–water partition coefficient (Wildman–Crippen LogP) is 4.45. The van der Waals surface area contributed by atoms with Crippen molar-refractivity contribution >= 4 is 34.3 Å². The number of aromatic amines is 1. The van der Waals surface area contributed by atoms with Crippen molar-refractivity contribution in [3.8, 4) is 0 Å². The van der Waals surface area contributed by atoms with Gasteiger partial charge in [0.1, 0.15) is 12.6 Å². The SMILES string of the molecule is O=C1[C@H]2Cc3c([nH]c4ccccc34)[C@@H](c3ccc(Cl)cc3)N2C(=O)CN1C1CCCC1. The molecule has 2 atom stereocenters. The van der Waals surface area contributed by atoms with E-state index in [1.54, 1.807) is 0 Å². The van der Waals surface area contributed by atoms with E-state index in [9.17, 15) is 9.59 Å². The van der Waals surface area contributed by atoms with E-state index in [2.05, 4.69) is 17.1 Å². The summed E-state index contributed by atoms with van der Waals surface area (Å²) in [6.07, 6.45) is 4.83. The summed E-state index contributed by atoms with van der Waals surface area (Å²) < 4.78 is 0. The van der Waals surface area contributed by atoms with E-state index in [0.29, 0.717) is 11.4 Å². The molecule has 1 saturated carbocycles. The molecule has 5 nitrogen and oxygen atoms in total. The molecule has 1 aliphatic carbocycles. The number of aromatic nitrogens is 1. The summed E-state index contributed by atoms with van der Waals surface area (Å²) in [4.78, 5) is 34.5. The predicted molar refractivity (Wildman–Crippen MR) is 120 cm³/mol. The van der Waals surface area contributed by atoms with Crippen LogP contribution < -0.4 is 0 Å². The fraction of sp³-hybridized carbons (Fsp3) is 0.360. The molecule has 158 valence electrons. The first-order chi connectivity index (χ1) is 15.1. The van der Waals surface area contributed by atoms with Crippen molar-refractivity contribution < 1.29 is 9.59 Å². The van der Waals surface area contributed by atoms with E-state index in [-0.39, 0.29) is 30.4 Å². The second-order valence-corrected chi connectivity index (χ2v) is 9.38. The standard InChI is InChI=1S/C25H24ClN3O2/c26-16-11-9-15(10-12-16)24-23-19(18-7-3-4-8-20(18)27-23)13-21-25(31)28(14-22(30)29(21)24)17-5-1-2-6-17/h3-4,7-12,17,21,24,27H,1-2,5-6,13-14H2/t21-,24-/m1/s1. The van der Waals surface area contributed by atoms with Gasteiger partial charge in [0.05, 0.1) is 6.04 Å². The van der Waals surface area contributed by atoms with Crippen LogP contribution in [0.15, 0.2) is 48.5 Å². The van der Waals surface area contributed by atoms with Gasteiger partial charge < -0.3 is 14.8 Å². The van der Waals surface area contributed by atoms with Crippen LogP contribution in [0.5, 0.6) is 0 Å². The van der Waals surface area contributed by atoms with Gasteiger partial charge in [0.25, 0.3) is 0 Å². The third kappa shape index (κ3) is 2.90. The minimum absolute atomic E-state index is 0.0285. The van der Waals surface area contributed by atoms with Crippen molar-refractivity contribution in [2.75, 3.05) is 6.54 Å². The number of piperazine rings is 1. The fourth-order valence-corrected chi connectivity index (χ4v) is 5.93. The molecule has 1 saturated heterocycles. The monoisotopic (exact) mass is 433 g/mol. The summed E-state index contributed by atoms with van der Waals surface area (Å²) in [7, 11) is 0. The molecule has 6 rings (SSSR count). The largest absolute Gasteiger partial charge is 0.356 e. The van der Waals surface area contributed by atoms with Gasteiger partial charge in [-0.05, 0) is 42.2 Å². The fourth-order valence-electron chi connectivity index (χ4n) is 5.80. The molecule has 31 heavy (non-hydrogen) atoms. The number of H-pyrrole nitrogens is 1. The molecular weight excluding hydrogens is 410 g/mol. The van der Waals surface area contributed by atoms with E-state index >= 15 is 0 Å². The Bertz CT molecular complexity index is 1180. The number of carbonyl (C=O) groups excluding carboxylic acids is 2. The van der Waals surface area contributed by atoms with Crippen LogP contribution in [-0.4, -0.2) is 45.2 Å². The van der Waals surface area contributed by atoms with Gasteiger partial charge in [-0.25, -0.2) is 0 Å². The lowest BCUT2D eigenvalue weighted by Gasteiger charge is -2.48. The molecule has 1 N–H and O–H groups in total. The van der Waals surface area contributed by atoms with Gasteiger partial charge >= 0.3 is 0 Å². The van der Waals surface area contributed by atoms with Crippen molar-refractivity contribution in [3.63, 3.8) is 0 Å². The first-order valence-corrected chi connectivity index (χ1v) is 11.5. The molecule has 0 bridgehead atoms. The second kappa shape index (κ2) is 7.13. The van der Waals surface area contributed by atoms with Crippen LogP contribution in [0.4, 0.5) is 0 Å². The molecule has 0 radical (unpaired) electrons. The Balaban J connectivity index is 1.51. The molecule has 3 aliphatic rings. The molecule has 2 fully saturated rings. The van der Waals surface area contributed by atoms with Crippen LogP contribution >= 0.6 is 11.6 Å². The molecular formula is C25H24ClN3O2. The van der Waals surface area contributed by atoms with Gasteiger partial charge in [-0.15, -0.1) is 0 Å². The molecule has 2 aliphatic heterocycles. The topological polar surface area (TPSA) is 56.4 Å². The van der Waals surface area contributed by atoms with Crippen molar-refractivity contribution in [3.05, 3.63) is 70.4 Å². The summed E-state index contributed by atoms with van der Waals surface area (Å²) in [5, 5.41) is 1.79. The molecule has 3 heterocycles. The zero-order chi connectivity index (χ0) is 21.1. The van der Waals surface area contributed by atoms with Crippen molar-refractivity contribution in [1.29, 1.82) is 0 Å². The Hall–Kier alpha value is -2.79. The van der Waals surface area contributed by atoms with Gasteiger partial charge in [-0.2, -0.15) is 0 Å². The average Bonchev–Trinajstić information content (AvgIpc) is 3.44. The quantitative estimate of drug-likeness (QED) is 0.649. The number of para-hydroxylation sites is 1. The normalized spacial score (nSPS) is 24.0. The number of fused-ring (bicyclic) bond motifs is 4.